The Kier molecular flexibility index (Phi) is 4.24. The van der Waals surface area contributed by atoms with Gasteiger partial charge in [0.15, 0.2) is 0 Å². The number of benzene rings is 2. The van der Waals surface area contributed by atoms with Gasteiger partial charge in [0.25, 0.3) is 0 Å². The van der Waals surface area contributed by atoms with Gasteiger partial charge in [0.05, 0.1) is 0 Å². The second-order valence-corrected chi connectivity index (χ2v) is 4.28. The van der Waals surface area contributed by atoms with Crippen LogP contribution in [-0.4, -0.2) is 13.6 Å². The molecule has 0 aromatic heterocycles. The fourth-order valence-corrected chi connectivity index (χ4v) is 1.72. The van der Waals surface area contributed by atoms with Crippen molar-refractivity contribution in [3.05, 3.63) is 60.2 Å². The predicted molar refractivity (Wildman–Crippen MR) is 76.2 cm³/mol. The molecule has 0 aliphatic carbocycles. The second kappa shape index (κ2) is 6.10. The molecule has 2 aromatic carbocycles. The molecule has 2 aromatic rings. The van der Waals surface area contributed by atoms with E-state index < -0.39 is 0 Å². The molecule has 0 unspecified atom stereocenters. The molecule has 2 nitrogen and oxygen atoms in total. The van der Waals surface area contributed by atoms with E-state index in [-0.39, 0.29) is 0 Å². The molecule has 0 heterocycles. The smallest absolute Gasteiger partial charge is 0.119 e. The lowest BCUT2D eigenvalue weighted by Crippen LogP contribution is -2.15. The summed E-state index contributed by atoms with van der Waals surface area (Å²) in [5.41, 5.74) is 2.40. The minimum Gasteiger partial charge on any atom is -0.489 e. The van der Waals surface area contributed by atoms with E-state index in [9.17, 15) is 0 Å². The third-order valence-electron chi connectivity index (χ3n) is 3.00. The molecule has 0 spiro atoms. The Balaban J connectivity index is 1.94. The summed E-state index contributed by atoms with van der Waals surface area (Å²) in [6, 6.07) is 18.4. The Morgan fingerprint density at radius 1 is 0.944 bits per heavy atom. The molecule has 0 saturated carbocycles. The molecule has 0 aliphatic heterocycles. The molecule has 0 saturated heterocycles. The summed E-state index contributed by atoms with van der Waals surface area (Å²) >= 11 is 0. The molecular formula is C16H19NO. The van der Waals surface area contributed by atoms with Crippen LogP contribution in [0.25, 0.3) is 0 Å². The predicted octanol–water partition coefficient (Wildman–Crippen LogP) is 3.72. The molecule has 2 heteroatoms. The Hall–Kier alpha value is -1.96. The molecule has 0 bridgehead atoms. The van der Waals surface area contributed by atoms with Crippen LogP contribution in [0, 0.1) is 0 Å². The molecule has 2 rings (SSSR count). The van der Waals surface area contributed by atoms with Crippen molar-refractivity contribution in [2.45, 2.75) is 13.5 Å². The van der Waals surface area contributed by atoms with E-state index >= 15 is 0 Å². The van der Waals surface area contributed by atoms with Gasteiger partial charge in [0.2, 0.25) is 0 Å². The first-order valence-corrected chi connectivity index (χ1v) is 6.27. The summed E-state index contributed by atoms with van der Waals surface area (Å²) < 4.78 is 5.74. The van der Waals surface area contributed by atoms with E-state index in [2.05, 4.69) is 43.1 Å². The molecule has 94 valence electrons. The van der Waals surface area contributed by atoms with Gasteiger partial charge in [-0.15, -0.1) is 0 Å². The first-order chi connectivity index (χ1) is 8.79. The quantitative estimate of drug-likeness (QED) is 0.791. The lowest BCUT2D eigenvalue weighted by atomic mass is 10.2. The van der Waals surface area contributed by atoms with Crippen molar-refractivity contribution in [2.24, 2.45) is 0 Å². The zero-order valence-electron chi connectivity index (χ0n) is 11.0. The van der Waals surface area contributed by atoms with Crippen LogP contribution in [-0.2, 0) is 6.61 Å². The maximum atomic E-state index is 5.74. The lowest BCUT2D eigenvalue weighted by molar-refractivity contribution is 0.306. The van der Waals surface area contributed by atoms with E-state index in [1.807, 2.05) is 30.3 Å². The summed E-state index contributed by atoms with van der Waals surface area (Å²) in [6.07, 6.45) is 0. The van der Waals surface area contributed by atoms with E-state index in [0.717, 1.165) is 12.3 Å². The molecule has 18 heavy (non-hydrogen) atoms. The van der Waals surface area contributed by atoms with Gasteiger partial charge in [-0.1, -0.05) is 30.3 Å². The first-order valence-electron chi connectivity index (χ1n) is 6.27. The summed E-state index contributed by atoms with van der Waals surface area (Å²) in [5, 5.41) is 0. The maximum Gasteiger partial charge on any atom is 0.119 e. The van der Waals surface area contributed by atoms with Crippen LogP contribution in [0.3, 0.4) is 0 Å². The third kappa shape index (κ3) is 3.27. The monoisotopic (exact) mass is 241 g/mol. The van der Waals surface area contributed by atoms with Crippen LogP contribution in [0.4, 0.5) is 5.69 Å². The summed E-state index contributed by atoms with van der Waals surface area (Å²) in [5.74, 6) is 0.909. The highest BCUT2D eigenvalue weighted by Gasteiger charge is 1.99. The van der Waals surface area contributed by atoms with Gasteiger partial charge in [0, 0.05) is 19.3 Å². The van der Waals surface area contributed by atoms with Crippen molar-refractivity contribution in [1.82, 2.24) is 0 Å². The Bertz CT molecular complexity index is 464. The van der Waals surface area contributed by atoms with E-state index in [0.29, 0.717) is 6.61 Å². The first kappa shape index (κ1) is 12.5. The SMILES string of the molecule is CCN(C)c1ccc(OCc2ccccc2)cc1. The molecule has 0 aliphatic rings. The van der Waals surface area contributed by atoms with Gasteiger partial charge in [-0.2, -0.15) is 0 Å². The highest BCUT2D eigenvalue weighted by Crippen LogP contribution is 2.19. The van der Waals surface area contributed by atoms with E-state index in [1.165, 1.54) is 11.3 Å². The minimum absolute atomic E-state index is 0.615. The van der Waals surface area contributed by atoms with E-state index in [1.54, 1.807) is 0 Å². The summed E-state index contributed by atoms with van der Waals surface area (Å²) in [4.78, 5) is 2.20. The standard InChI is InChI=1S/C16H19NO/c1-3-17(2)15-9-11-16(12-10-15)18-13-14-7-5-4-6-8-14/h4-12H,3,13H2,1-2H3. The molecule has 0 radical (unpaired) electrons. The fraction of sp³-hybridized carbons (Fsp3) is 0.250. The highest BCUT2D eigenvalue weighted by atomic mass is 16.5. The van der Waals surface area contributed by atoms with E-state index in [4.69, 9.17) is 4.74 Å². The van der Waals surface area contributed by atoms with Gasteiger partial charge in [0.1, 0.15) is 12.4 Å². The summed E-state index contributed by atoms with van der Waals surface area (Å²) in [7, 11) is 2.08. The van der Waals surface area contributed by atoms with Crippen molar-refractivity contribution in [1.29, 1.82) is 0 Å². The van der Waals surface area contributed by atoms with Crippen LogP contribution in [0.15, 0.2) is 54.6 Å². The van der Waals surface area contributed by atoms with Crippen molar-refractivity contribution >= 4 is 5.69 Å². The highest BCUT2D eigenvalue weighted by molar-refractivity contribution is 5.48. The van der Waals surface area contributed by atoms with Gasteiger partial charge >= 0.3 is 0 Å². The number of hydrogen-bond donors (Lipinski definition) is 0. The lowest BCUT2D eigenvalue weighted by Gasteiger charge is -2.17. The van der Waals surface area contributed by atoms with Crippen LogP contribution >= 0.6 is 0 Å². The Morgan fingerprint density at radius 2 is 1.61 bits per heavy atom. The molecular weight excluding hydrogens is 222 g/mol. The normalized spacial score (nSPS) is 10.1. The van der Waals surface area contributed by atoms with Crippen molar-refractivity contribution in [2.75, 3.05) is 18.5 Å². The average molecular weight is 241 g/mol. The molecule has 0 amide bonds. The maximum absolute atomic E-state index is 5.74. The number of hydrogen-bond acceptors (Lipinski definition) is 2. The minimum atomic E-state index is 0.615. The number of nitrogens with zero attached hydrogens (tertiary/aromatic N) is 1. The summed E-state index contributed by atoms with van der Waals surface area (Å²) in [6.45, 7) is 3.76. The van der Waals surface area contributed by atoms with Crippen molar-refractivity contribution < 1.29 is 4.74 Å². The van der Waals surface area contributed by atoms with Crippen LogP contribution in [0.5, 0.6) is 5.75 Å². The fourth-order valence-electron chi connectivity index (χ4n) is 1.72. The molecule has 0 atom stereocenters. The zero-order valence-corrected chi connectivity index (χ0v) is 11.0. The third-order valence-corrected chi connectivity index (χ3v) is 3.00. The van der Waals surface area contributed by atoms with Crippen LogP contribution in [0.2, 0.25) is 0 Å². The van der Waals surface area contributed by atoms with Gasteiger partial charge in [-0.3, -0.25) is 0 Å². The van der Waals surface area contributed by atoms with Crippen LogP contribution in [0.1, 0.15) is 12.5 Å². The Morgan fingerprint density at radius 3 is 2.22 bits per heavy atom. The number of rotatable bonds is 5. The number of ether oxygens (including phenoxy) is 1. The molecule has 0 N–H and O–H groups in total. The molecule has 0 fully saturated rings. The van der Waals surface area contributed by atoms with Crippen LogP contribution < -0.4 is 9.64 Å². The Labute approximate surface area is 109 Å². The van der Waals surface area contributed by atoms with Gasteiger partial charge < -0.3 is 9.64 Å². The number of anilines is 1. The zero-order chi connectivity index (χ0) is 12.8. The van der Waals surface area contributed by atoms with Gasteiger partial charge in [-0.25, -0.2) is 0 Å². The second-order valence-electron chi connectivity index (χ2n) is 4.28. The van der Waals surface area contributed by atoms with Crippen molar-refractivity contribution in [3.63, 3.8) is 0 Å². The topological polar surface area (TPSA) is 12.5 Å². The van der Waals surface area contributed by atoms with Gasteiger partial charge in [-0.05, 0) is 36.8 Å². The van der Waals surface area contributed by atoms with Crippen molar-refractivity contribution in [3.8, 4) is 5.75 Å². The largest absolute Gasteiger partial charge is 0.489 e. The average Bonchev–Trinajstić information content (AvgIpc) is 2.46.